The zero-order chi connectivity index (χ0) is 24.5. The van der Waals surface area contributed by atoms with Gasteiger partial charge in [-0.25, -0.2) is 0 Å². The van der Waals surface area contributed by atoms with Crippen molar-refractivity contribution in [2.24, 2.45) is 0 Å². The average molecular weight is 470 g/mol. The number of hydrogen-bond donors (Lipinski definition) is 0. The summed E-state index contributed by atoms with van der Waals surface area (Å²) in [5.74, 6) is -0.714. The van der Waals surface area contributed by atoms with Gasteiger partial charge in [0, 0.05) is 32.7 Å². The van der Waals surface area contributed by atoms with Crippen LogP contribution in [0.25, 0.3) is 0 Å². The third-order valence-corrected chi connectivity index (χ3v) is 6.90. The van der Waals surface area contributed by atoms with Gasteiger partial charge in [0.25, 0.3) is 0 Å². The standard InChI is InChI=1S/C21H21ClO2.C8H19N/c1-23-20(24-2)15-13-19(14-16-20)21(22,17-9-5-3-6-10-17)18-11-7-4-8-12-18;1-6-9(7(2)3)8(4)5/h3-15H,16H2,1-2H3;7-8H,6H2,1-5H3. The molecule has 0 amide bonds. The Hall–Kier alpha value is -1.91. The fraction of sp³-hybridized carbons (Fsp3) is 0.448. The van der Waals surface area contributed by atoms with Gasteiger partial charge in [-0.3, -0.25) is 4.90 Å². The first-order valence-corrected chi connectivity index (χ1v) is 12.2. The minimum absolute atomic E-state index is 0.611. The van der Waals surface area contributed by atoms with Crippen LogP contribution in [-0.4, -0.2) is 43.5 Å². The Labute approximate surface area is 206 Å². The summed E-state index contributed by atoms with van der Waals surface area (Å²) in [6, 6.07) is 21.7. The average Bonchev–Trinajstić information content (AvgIpc) is 2.85. The molecule has 3 rings (SSSR count). The summed E-state index contributed by atoms with van der Waals surface area (Å²) < 4.78 is 11.0. The lowest BCUT2D eigenvalue weighted by molar-refractivity contribution is -0.168. The number of halogens is 1. The van der Waals surface area contributed by atoms with Crippen LogP contribution in [0, 0.1) is 0 Å². The fourth-order valence-corrected chi connectivity index (χ4v) is 4.80. The van der Waals surface area contributed by atoms with E-state index in [0.29, 0.717) is 18.5 Å². The highest BCUT2D eigenvalue weighted by Gasteiger charge is 2.38. The van der Waals surface area contributed by atoms with Gasteiger partial charge in [0.1, 0.15) is 4.87 Å². The molecule has 0 saturated heterocycles. The van der Waals surface area contributed by atoms with Gasteiger partial charge in [-0.15, -0.1) is 11.6 Å². The minimum Gasteiger partial charge on any atom is -0.349 e. The van der Waals surface area contributed by atoms with Gasteiger partial charge in [0.15, 0.2) is 5.79 Å². The van der Waals surface area contributed by atoms with Crippen molar-refractivity contribution in [3.8, 4) is 0 Å². The molecule has 1 aliphatic rings. The lowest BCUT2D eigenvalue weighted by Crippen LogP contribution is -2.36. The normalized spacial score (nSPS) is 15.4. The van der Waals surface area contributed by atoms with Gasteiger partial charge in [-0.05, 0) is 57.0 Å². The van der Waals surface area contributed by atoms with Crippen LogP contribution in [0.2, 0.25) is 0 Å². The van der Waals surface area contributed by atoms with Crippen molar-refractivity contribution < 1.29 is 9.47 Å². The Balaban J connectivity index is 0.000000365. The number of alkyl halides is 1. The largest absolute Gasteiger partial charge is 0.349 e. The highest BCUT2D eigenvalue weighted by molar-refractivity contribution is 6.28. The fourth-order valence-electron chi connectivity index (χ4n) is 4.41. The summed E-state index contributed by atoms with van der Waals surface area (Å²) in [6.45, 7) is 12.3. The lowest BCUT2D eigenvalue weighted by Gasteiger charge is -2.35. The molecule has 0 radical (unpaired) electrons. The van der Waals surface area contributed by atoms with Crippen LogP contribution in [0.15, 0.2) is 84.5 Å². The number of rotatable bonds is 8. The number of ether oxygens (including phenoxy) is 2. The SMILES string of the molecule is CCN(C(C)C)C(C)C.COC1(OC)C=CC(C(Cl)(c2ccccc2)c2ccccc2)=CC1. The maximum atomic E-state index is 7.25. The summed E-state index contributed by atoms with van der Waals surface area (Å²) >= 11 is 7.25. The number of allylic oxidation sites excluding steroid dienone is 2. The lowest BCUT2D eigenvalue weighted by atomic mass is 9.81. The van der Waals surface area contributed by atoms with E-state index in [1.165, 1.54) is 0 Å². The molecule has 0 heterocycles. The Kier molecular flexibility index (Phi) is 10.4. The molecule has 3 nitrogen and oxygen atoms in total. The number of hydrogen-bond acceptors (Lipinski definition) is 3. The molecule has 2 aromatic rings. The summed E-state index contributed by atoms with van der Waals surface area (Å²) in [5, 5.41) is 0. The highest BCUT2D eigenvalue weighted by Crippen LogP contribution is 2.45. The molecule has 33 heavy (non-hydrogen) atoms. The zero-order valence-electron chi connectivity index (χ0n) is 21.2. The molecule has 0 saturated carbocycles. The van der Waals surface area contributed by atoms with Gasteiger partial charge in [0.2, 0.25) is 0 Å². The topological polar surface area (TPSA) is 21.7 Å². The van der Waals surface area contributed by atoms with Gasteiger partial charge < -0.3 is 9.47 Å². The van der Waals surface area contributed by atoms with E-state index in [1.54, 1.807) is 14.2 Å². The first-order chi connectivity index (χ1) is 15.7. The molecule has 1 aliphatic carbocycles. The van der Waals surface area contributed by atoms with E-state index in [4.69, 9.17) is 21.1 Å². The van der Waals surface area contributed by atoms with E-state index in [1.807, 2.05) is 48.6 Å². The molecule has 0 fully saturated rings. The Bertz CT molecular complexity index is 839. The Morgan fingerprint density at radius 2 is 1.33 bits per heavy atom. The van der Waals surface area contributed by atoms with Gasteiger partial charge in [0.05, 0.1) is 0 Å². The van der Waals surface area contributed by atoms with E-state index in [9.17, 15) is 0 Å². The Morgan fingerprint density at radius 1 is 0.879 bits per heavy atom. The summed E-state index contributed by atoms with van der Waals surface area (Å²) in [6.07, 6.45) is 6.65. The predicted octanol–water partition coefficient (Wildman–Crippen LogP) is 7.17. The number of benzene rings is 2. The first-order valence-electron chi connectivity index (χ1n) is 11.8. The molecule has 2 aromatic carbocycles. The Morgan fingerprint density at radius 3 is 1.61 bits per heavy atom. The second-order valence-corrected chi connectivity index (χ2v) is 9.39. The van der Waals surface area contributed by atoms with E-state index in [0.717, 1.165) is 23.2 Å². The van der Waals surface area contributed by atoms with E-state index in [-0.39, 0.29) is 0 Å². The maximum Gasteiger partial charge on any atom is 0.190 e. The van der Waals surface area contributed by atoms with Crippen molar-refractivity contribution in [3.05, 3.63) is 95.6 Å². The van der Waals surface area contributed by atoms with Gasteiger partial charge in [-0.2, -0.15) is 0 Å². The van der Waals surface area contributed by atoms with E-state index < -0.39 is 10.7 Å². The number of nitrogens with zero attached hydrogens (tertiary/aromatic N) is 1. The van der Waals surface area contributed by atoms with Crippen LogP contribution in [0.3, 0.4) is 0 Å². The monoisotopic (exact) mass is 469 g/mol. The first kappa shape index (κ1) is 27.3. The van der Waals surface area contributed by atoms with Crippen molar-refractivity contribution in [1.29, 1.82) is 0 Å². The summed E-state index contributed by atoms with van der Waals surface area (Å²) in [4.78, 5) is 1.71. The smallest absolute Gasteiger partial charge is 0.190 e. The molecule has 0 N–H and O–H groups in total. The minimum atomic E-state index is -0.743. The van der Waals surface area contributed by atoms with Gasteiger partial charge >= 0.3 is 0 Å². The molecule has 0 aliphatic heterocycles. The second kappa shape index (κ2) is 12.5. The molecular formula is C29H40ClNO2. The van der Waals surface area contributed by atoms with Crippen molar-refractivity contribution in [1.82, 2.24) is 4.90 Å². The summed E-state index contributed by atoms with van der Waals surface area (Å²) in [5.41, 5.74) is 3.10. The predicted molar refractivity (Wildman–Crippen MR) is 141 cm³/mol. The van der Waals surface area contributed by atoms with Crippen LogP contribution in [0.1, 0.15) is 52.2 Å². The van der Waals surface area contributed by atoms with Crippen LogP contribution < -0.4 is 0 Å². The van der Waals surface area contributed by atoms with Crippen molar-refractivity contribution >= 4 is 11.6 Å². The van der Waals surface area contributed by atoms with E-state index >= 15 is 0 Å². The molecule has 0 bridgehead atoms. The summed E-state index contributed by atoms with van der Waals surface area (Å²) in [7, 11) is 3.30. The van der Waals surface area contributed by atoms with Crippen molar-refractivity contribution in [2.75, 3.05) is 20.8 Å². The molecular weight excluding hydrogens is 430 g/mol. The van der Waals surface area contributed by atoms with Crippen LogP contribution in [-0.2, 0) is 14.3 Å². The third kappa shape index (κ3) is 6.58. The quantitative estimate of drug-likeness (QED) is 0.302. The molecule has 4 heteroatoms. The number of methoxy groups -OCH3 is 2. The molecule has 0 aromatic heterocycles. The molecule has 0 spiro atoms. The maximum absolute atomic E-state index is 7.25. The van der Waals surface area contributed by atoms with Crippen molar-refractivity contribution in [2.45, 2.75) is 63.8 Å². The van der Waals surface area contributed by atoms with Crippen LogP contribution >= 0.6 is 11.6 Å². The van der Waals surface area contributed by atoms with Crippen LogP contribution in [0.4, 0.5) is 0 Å². The zero-order valence-corrected chi connectivity index (χ0v) is 22.0. The van der Waals surface area contributed by atoms with Gasteiger partial charge in [-0.1, -0.05) is 79.7 Å². The molecule has 0 atom stereocenters. The third-order valence-electron chi connectivity index (χ3n) is 6.25. The highest BCUT2D eigenvalue weighted by atomic mass is 35.5. The van der Waals surface area contributed by atoms with E-state index in [2.05, 4.69) is 69.9 Å². The van der Waals surface area contributed by atoms with Crippen LogP contribution in [0.5, 0.6) is 0 Å². The molecule has 180 valence electrons. The molecule has 0 unspecified atom stereocenters. The second-order valence-electron chi connectivity index (χ2n) is 8.83. The van der Waals surface area contributed by atoms with Crippen molar-refractivity contribution in [3.63, 3.8) is 0 Å².